The summed E-state index contributed by atoms with van der Waals surface area (Å²) in [5, 5.41) is 15.5. The first-order valence-electron chi connectivity index (χ1n) is 10.4. The quantitative estimate of drug-likeness (QED) is 0.478. The highest BCUT2D eigenvalue weighted by atomic mass is 32.1. The maximum absolute atomic E-state index is 13.0. The van der Waals surface area contributed by atoms with Gasteiger partial charge in [-0.2, -0.15) is 0 Å². The van der Waals surface area contributed by atoms with Crippen LogP contribution in [0.4, 0.5) is 0 Å². The number of carbonyl (C=O) groups excluding carboxylic acids is 2. The van der Waals surface area contributed by atoms with Crippen molar-refractivity contribution in [2.24, 2.45) is 0 Å². The van der Waals surface area contributed by atoms with Crippen LogP contribution in [0.5, 0.6) is 0 Å². The normalized spacial score (nSPS) is 18.8. The topological polar surface area (TPSA) is 101 Å². The molecule has 1 saturated heterocycles. The average molecular weight is 452 g/mol. The summed E-state index contributed by atoms with van der Waals surface area (Å²) in [6.07, 6.45) is -0.266. The van der Waals surface area contributed by atoms with E-state index in [1.54, 1.807) is 16.8 Å². The van der Waals surface area contributed by atoms with Crippen molar-refractivity contribution in [2.45, 2.75) is 38.1 Å². The Bertz CT molecular complexity index is 1070. The number of aliphatic hydroxyl groups is 1. The number of nitrogens with one attached hydrogen (secondary N) is 2. The lowest BCUT2D eigenvalue weighted by atomic mass is 10.0. The fourth-order valence-corrected chi connectivity index (χ4v) is 4.47. The Morgan fingerprint density at radius 3 is 2.59 bits per heavy atom. The van der Waals surface area contributed by atoms with Gasteiger partial charge in [0.2, 0.25) is 5.91 Å². The van der Waals surface area contributed by atoms with Crippen molar-refractivity contribution in [3.8, 4) is 10.4 Å². The SMILES string of the molecule is Cc1ncsc1-c1ccc([C@@H](NC(=O)[C@@H]2C[C@@H](O)CN2)C(=O)OCc2ccccc2)cc1. The number of esters is 1. The highest BCUT2D eigenvalue weighted by Gasteiger charge is 2.32. The lowest BCUT2D eigenvalue weighted by Gasteiger charge is -2.20. The van der Waals surface area contributed by atoms with Crippen LogP contribution in [0.2, 0.25) is 0 Å². The molecular weight excluding hydrogens is 426 g/mol. The molecule has 0 unspecified atom stereocenters. The Hall–Kier alpha value is -3.07. The first kappa shape index (κ1) is 22.1. The largest absolute Gasteiger partial charge is 0.459 e. The van der Waals surface area contributed by atoms with E-state index in [1.165, 1.54) is 0 Å². The van der Waals surface area contributed by atoms with Gasteiger partial charge in [0, 0.05) is 6.54 Å². The van der Waals surface area contributed by atoms with Crippen molar-refractivity contribution in [3.63, 3.8) is 0 Å². The minimum Gasteiger partial charge on any atom is -0.459 e. The van der Waals surface area contributed by atoms with Crippen LogP contribution in [0.25, 0.3) is 10.4 Å². The fourth-order valence-electron chi connectivity index (χ4n) is 3.66. The van der Waals surface area contributed by atoms with Gasteiger partial charge in [-0.3, -0.25) is 4.79 Å². The Morgan fingerprint density at radius 1 is 1.22 bits per heavy atom. The summed E-state index contributed by atoms with van der Waals surface area (Å²) in [5.74, 6) is -0.881. The van der Waals surface area contributed by atoms with E-state index in [-0.39, 0.29) is 12.5 Å². The highest BCUT2D eigenvalue weighted by Crippen LogP contribution is 2.28. The molecule has 2 aromatic carbocycles. The monoisotopic (exact) mass is 451 g/mol. The first-order valence-corrected chi connectivity index (χ1v) is 11.3. The molecule has 3 atom stereocenters. The van der Waals surface area contributed by atoms with E-state index >= 15 is 0 Å². The Balaban J connectivity index is 1.52. The van der Waals surface area contributed by atoms with E-state index in [9.17, 15) is 14.7 Å². The van der Waals surface area contributed by atoms with Gasteiger partial charge in [0.15, 0.2) is 6.04 Å². The van der Waals surface area contributed by atoms with Crippen LogP contribution in [-0.2, 0) is 20.9 Å². The number of nitrogens with zero attached hydrogens (tertiary/aromatic N) is 1. The molecule has 166 valence electrons. The number of aliphatic hydroxyl groups excluding tert-OH is 1. The van der Waals surface area contributed by atoms with Gasteiger partial charge in [0.1, 0.15) is 6.61 Å². The summed E-state index contributed by atoms with van der Waals surface area (Å²) >= 11 is 1.55. The molecule has 2 heterocycles. The maximum Gasteiger partial charge on any atom is 0.333 e. The fraction of sp³-hybridized carbons (Fsp3) is 0.292. The number of aromatic nitrogens is 1. The number of carbonyl (C=O) groups is 2. The number of thiazole rings is 1. The maximum atomic E-state index is 13.0. The van der Waals surface area contributed by atoms with Crippen molar-refractivity contribution in [1.29, 1.82) is 0 Å². The van der Waals surface area contributed by atoms with Crippen LogP contribution in [0.1, 0.15) is 29.3 Å². The molecule has 0 aliphatic carbocycles. The van der Waals surface area contributed by atoms with Crippen molar-refractivity contribution in [3.05, 3.63) is 76.9 Å². The Kier molecular flexibility index (Phi) is 6.94. The molecule has 1 amide bonds. The Labute approximate surface area is 190 Å². The van der Waals surface area contributed by atoms with E-state index in [2.05, 4.69) is 15.6 Å². The van der Waals surface area contributed by atoms with Crippen LogP contribution in [-0.4, -0.2) is 40.7 Å². The second-order valence-corrected chi connectivity index (χ2v) is 8.63. The van der Waals surface area contributed by atoms with Gasteiger partial charge >= 0.3 is 5.97 Å². The molecule has 1 aliphatic heterocycles. The van der Waals surface area contributed by atoms with E-state index in [0.29, 0.717) is 18.5 Å². The van der Waals surface area contributed by atoms with Gasteiger partial charge in [-0.1, -0.05) is 54.6 Å². The van der Waals surface area contributed by atoms with Crippen molar-refractivity contribution < 1.29 is 19.4 Å². The Morgan fingerprint density at radius 2 is 1.97 bits per heavy atom. The summed E-state index contributed by atoms with van der Waals surface area (Å²) in [7, 11) is 0. The molecule has 8 heteroatoms. The smallest absolute Gasteiger partial charge is 0.333 e. The summed E-state index contributed by atoms with van der Waals surface area (Å²) in [6, 6.07) is 15.3. The standard InChI is InChI=1S/C24H25N3O4S/c1-15-22(32-14-26-15)18-9-7-17(8-10-18)21(27-23(29)20-11-19(28)12-25-20)24(30)31-13-16-5-3-2-4-6-16/h2-10,14,19-21,25,28H,11-13H2,1H3,(H,27,29)/t19-,20+,21-/m1/s1. The summed E-state index contributed by atoms with van der Waals surface area (Å²) in [4.78, 5) is 31.1. The van der Waals surface area contributed by atoms with Crippen LogP contribution >= 0.6 is 11.3 Å². The molecule has 1 aliphatic rings. The van der Waals surface area contributed by atoms with Gasteiger partial charge in [-0.15, -0.1) is 11.3 Å². The molecule has 1 fully saturated rings. The predicted octanol–water partition coefficient (Wildman–Crippen LogP) is 2.74. The second-order valence-electron chi connectivity index (χ2n) is 7.77. The average Bonchev–Trinajstić information content (AvgIpc) is 3.45. The predicted molar refractivity (Wildman–Crippen MR) is 122 cm³/mol. The van der Waals surface area contributed by atoms with Gasteiger partial charge in [0.25, 0.3) is 0 Å². The summed E-state index contributed by atoms with van der Waals surface area (Å²) in [5.41, 5.74) is 5.23. The van der Waals surface area contributed by atoms with Gasteiger partial charge in [0.05, 0.1) is 28.2 Å². The zero-order valence-electron chi connectivity index (χ0n) is 17.7. The van der Waals surface area contributed by atoms with Gasteiger partial charge < -0.3 is 20.5 Å². The van der Waals surface area contributed by atoms with Crippen LogP contribution in [0.15, 0.2) is 60.1 Å². The number of rotatable bonds is 7. The van der Waals surface area contributed by atoms with Crippen LogP contribution in [0.3, 0.4) is 0 Å². The van der Waals surface area contributed by atoms with Crippen LogP contribution < -0.4 is 10.6 Å². The number of amides is 1. The molecule has 7 nitrogen and oxygen atoms in total. The summed E-state index contributed by atoms with van der Waals surface area (Å²) < 4.78 is 5.52. The van der Waals surface area contributed by atoms with E-state index < -0.39 is 24.2 Å². The first-order chi connectivity index (χ1) is 15.5. The summed E-state index contributed by atoms with van der Waals surface area (Å²) in [6.45, 7) is 2.42. The number of ether oxygens (including phenoxy) is 1. The number of aryl methyl sites for hydroxylation is 1. The van der Waals surface area contributed by atoms with Gasteiger partial charge in [-0.25, -0.2) is 9.78 Å². The number of hydrogen-bond acceptors (Lipinski definition) is 7. The van der Waals surface area contributed by atoms with E-state index in [1.807, 2.05) is 61.5 Å². The molecule has 0 saturated carbocycles. The minimum atomic E-state index is -0.956. The number of benzene rings is 2. The molecule has 0 radical (unpaired) electrons. The third-order valence-corrected chi connectivity index (χ3v) is 6.40. The highest BCUT2D eigenvalue weighted by molar-refractivity contribution is 7.13. The molecule has 3 aromatic rings. The third-order valence-electron chi connectivity index (χ3n) is 5.42. The van der Waals surface area contributed by atoms with E-state index in [4.69, 9.17) is 4.74 Å². The van der Waals surface area contributed by atoms with Gasteiger partial charge in [-0.05, 0) is 30.0 Å². The van der Waals surface area contributed by atoms with Crippen molar-refractivity contribution >= 4 is 23.2 Å². The molecule has 0 spiro atoms. The molecule has 3 N–H and O–H groups in total. The van der Waals surface area contributed by atoms with Crippen LogP contribution in [0, 0.1) is 6.92 Å². The third kappa shape index (κ3) is 5.21. The molecule has 32 heavy (non-hydrogen) atoms. The zero-order valence-corrected chi connectivity index (χ0v) is 18.5. The lowest BCUT2D eigenvalue weighted by Crippen LogP contribution is -2.44. The van der Waals surface area contributed by atoms with Crippen molar-refractivity contribution in [1.82, 2.24) is 15.6 Å². The molecular formula is C24H25N3O4S. The number of hydrogen-bond donors (Lipinski definition) is 3. The van der Waals surface area contributed by atoms with Crippen molar-refractivity contribution in [2.75, 3.05) is 6.54 Å². The van der Waals surface area contributed by atoms with E-state index in [0.717, 1.165) is 21.7 Å². The zero-order chi connectivity index (χ0) is 22.5. The molecule has 4 rings (SSSR count). The molecule has 0 bridgehead atoms. The minimum absolute atomic E-state index is 0.116. The second kappa shape index (κ2) is 10.0. The molecule has 1 aromatic heterocycles. The lowest BCUT2D eigenvalue weighted by molar-refractivity contribution is -0.149. The number of β-amino-alcohol motifs (C(OH)–C–C–N with tert-alkyl or cyclic N) is 1.